The van der Waals surface area contributed by atoms with Crippen LogP contribution in [-0.4, -0.2) is 42.5 Å². The minimum absolute atomic E-state index is 0.0150. The van der Waals surface area contributed by atoms with Crippen molar-refractivity contribution < 1.29 is 4.79 Å². The molecular weight excluding hydrogens is 410 g/mol. The van der Waals surface area contributed by atoms with Gasteiger partial charge in [0, 0.05) is 25.0 Å². The van der Waals surface area contributed by atoms with Gasteiger partial charge < -0.3 is 10.2 Å². The van der Waals surface area contributed by atoms with Crippen molar-refractivity contribution >= 4 is 33.3 Å². The third-order valence-electron chi connectivity index (χ3n) is 4.87. The number of hydrogen-bond donors (Lipinski definition) is 1. The summed E-state index contributed by atoms with van der Waals surface area (Å²) < 4.78 is 1.10. The van der Waals surface area contributed by atoms with E-state index in [4.69, 9.17) is 0 Å². The number of rotatable bonds is 6. The Morgan fingerprint density at radius 2 is 1.96 bits per heavy atom. The highest BCUT2D eigenvalue weighted by Crippen LogP contribution is 2.23. The van der Waals surface area contributed by atoms with Crippen LogP contribution in [-0.2, 0) is 13.1 Å². The molecule has 26 heavy (non-hydrogen) atoms. The largest absolute Gasteiger partial charge is 0.338 e. The summed E-state index contributed by atoms with van der Waals surface area (Å²) >= 11 is 5.13. The minimum atomic E-state index is 0.0150. The van der Waals surface area contributed by atoms with Crippen LogP contribution >= 0.6 is 27.3 Å². The van der Waals surface area contributed by atoms with E-state index < -0.39 is 0 Å². The van der Waals surface area contributed by atoms with E-state index in [-0.39, 0.29) is 6.03 Å². The fourth-order valence-electron chi connectivity index (χ4n) is 3.30. The van der Waals surface area contributed by atoms with Crippen LogP contribution in [0.15, 0.2) is 46.3 Å². The lowest BCUT2D eigenvalue weighted by atomic mass is 9.96. The van der Waals surface area contributed by atoms with E-state index in [1.165, 1.54) is 10.4 Å². The summed E-state index contributed by atoms with van der Waals surface area (Å²) in [6.45, 7) is 4.66. The molecule has 1 aromatic carbocycles. The van der Waals surface area contributed by atoms with Gasteiger partial charge in [-0.15, -0.1) is 11.3 Å². The Morgan fingerprint density at radius 3 is 2.62 bits per heavy atom. The molecule has 1 N–H and O–H groups in total. The molecule has 0 atom stereocenters. The lowest BCUT2D eigenvalue weighted by molar-refractivity contribution is 0.170. The predicted molar refractivity (Wildman–Crippen MR) is 111 cm³/mol. The standard InChI is InChI=1S/C20H26BrN3OS/c1-23(15-18-7-8-19(21)26-18)20(25)22-13-16-9-11-24(12-10-16)14-17-5-3-2-4-6-17/h2-8,16H,9-15H2,1H3,(H,22,25). The van der Waals surface area contributed by atoms with E-state index in [9.17, 15) is 4.79 Å². The molecule has 1 aliphatic heterocycles. The normalized spacial score (nSPS) is 15.8. The Morgan fingerprint density at radius 1 is 1.23 bits per heavy atom. The van der Waals surface area contributed by atoms with E-state index in [2.05, 4.69) is 62.5 Å². The van der Waals surface area contributed by atoms with Crippen LogP contribution in [0.1, 0.15) is 23.3 Å². The maximum absolute atomic E-state index is 12.3. The number of likely N-dealkylation sites (tertiary alicyclic amines) is 1. The summed E-state index contributed by atoms with van der Waals surface area (Å²) in [6.07, 6.45) is 2.30. The van der Waals surface area contributed by atoms with E-state index in [0.29, 0.717) is 12.5 Å². The van der Waals surface area contributed by atoms with Gasteiger partial charge in [0.1, 0.15) is 0 Å². The van der Waals surface area contributed by atoms with Gasteiger partial charge >= 0.3 is 6.03 Å². The van der Waals surface area contributed by atoms with Crippen LogP contribution in [0.2, 0.25) is 0 Å². The van der Waals surface area contributed by atoms with Gasteiger partial charge in [0.2, 0.25) is 0 Å². The number of halogens is 1. The Balaban J connectivity index is 1.36. The molecule has 2 heterocycles. The van der Waals surface area contributed by atoms with Crippen molar-refractivity contribution in [2.45, 2.75) is 25.9 Å². The van der Waals surface area contributed by atoms with Crippen molar-refractivity contribution in [3.05, 3.63) is 56.7 Å². The van der Waals surface area contributed by atoms with Crippen molar-refractivity contribution in [2.24, 2.45) is 5.92 Å². The first kappa shape index (κ1) is 19.4. The van der Waals surface area contributed by atoms with Crippen LogP contribution in [0.4, 0.5) is 4.79 Å². The van der Waals surface area contributed by atoms with Gasteiger partial charge in [-0.25, -0.2) is 4.79 Å². The molecule has 1 fully saturated rings. The second-order valence-corrected chi connectivity index (χ2v) is 9.50. The maximum Gasteiger partial charge on any atom is 0.317 e. The first-order valence-electron chi connectivity index (χ1n) is 9.09. The summed E-state index contributed by atoms with van der Waals surface area (Å²) in [5.74, 6) is 0.579. The Kier molecular flexibility index (Phi) is 7.11. The van der Waals surface area contributed by atoms with E-state index in [1.807, 2.05) is 13.1 Å². The Labute approximate surface area is 168 Å². The second-order valence-electron chi connectivity index (χ2n) is 6.95. The maximum atomic E-state index is 12.3. The molecule has 0 saturated carbocycles. The molecule has 0 radical (unpaired) electrons. The highest BCUT2D eigenvalue weighted by molar-refractivity contribution is 9.11. The molecule has 1 aliphatic rings. The highest BCUT2D eigenvalue weighted by Gasteiger charge is 2.20. The summed E-state index contributed by atoms with van der Waals surface area (Å²) in [5.41, 5.74) is 1.38. The molecule has 140 valence electrons. The molecule has 0 unspecified atom stereocenters. The van der Waals surface area contributed by atoms with Gasteiger partial charge in [-0.05, 0) is 65.5 Å². The van der Waals surface area contributed by atoms with Crippen molar-refractivity contribution in [2.75, 3.05) is 26.7 Å². The molecule has 1 saturated heterocycles. The quantitative estimate of drug-likeness (QED) is 0.721. The fraction of sp³-hybridized carbons (Fsp3) is 0.450. The van der Waals surface area contributed by atoms with Gasteiger partial charge in [-0.3, -0.25) is 4.90 Å². The van der Waals surface area contributed by atoms with Crippen molar-refractivity contribution in [3.8, 4) is 0 Å². The zero-order chi connectivity index (χ0) is 18.4. The molecule has 2 aromatic rings. The molecule has 3 rings (SSSR count). The topological polar surface area (TPSA) is 35.6 Å². The highest BCUT2D eigenvalue weighted by atomic mass is 79.9. The number of benzene rings is 1. The SMILES string of the molecule is CN(Cc1ccc(Br)s1)C(=O)NCC1CCN(Cc2ccccc2)CC1. The second kappa shape index (κ2) is 9.53. The Bertz CT molecular complexity index is 698. The van der Waals surface area contributed by atoms with E-state index in [1.54, 1.807) is 16.2 Å². The lowest BCUT2D eigenvalue weighted by Crippen LogP contribution is -2.42. The van der Waals surface area contributed by atoms with Crippen LogP contribution < -0.4 is 5.32 Å². The number of piperidine rings is 1. The summed E-state index contributed by atoms with van der Waals surface area (Å²) in [6, 6.07) is 14.7. The van der Waals surface area contributed by atoms with Gasteiger partial charge in [0.05, 0.1) is 10.3 Å². The molecule has 4 nitrogen and oxygen atoms in total. The molecule has 0 aliphatic carbocycles. The van der Waals surface area contributed by atoms with Crippen molar-refractivity contribution in [1.29, 1.82) is 0 Å². The van der Waals surface area contributed by atoms with Gasteiger partial charge in [0.25, 0.3) is 0 Å². The molecular formula is C20H26BrN3OS. The third kappa shape index (κ3) is 5.83. The third-order valence-corrected chi connectivity index (χ3v) is 6.48. The molecule has 1 aromatic heterocycles. The fourth-order valence-corrected chi connectivity index (χ4v) is 4.84. The average Bonchev–Trinajstić information content (AvgIpc) is 3.06. The first-order valence-corrected chi connectivity index (χ1v) is 10.7. The summed E-state index contributed by atoms with van der Waals surface area (Å²) in [7, 11) is 1.85. The first-order chi connectivity index (χ1) is 12.6. The predicted octanol–water partition coefficient (Wildman–Crippen LogP) is 4.56. The molecule has 0 spiro atoms. The smallest absolute Gasteiger partial charge is 0.317 e. The minimum Gasteiger partial charge on any atom is -0.338 e. The van der Waals surface area contributed by atoms with Gasteiger partial charge in [-0.2, -0.15) is 0 Å². The van der Waals surface area contributed by atoms with Crippen LogP contribution in [0.25, 0.3) is 0 Å². The Hall–Kier alpha value is -1.37. The number of thiophene rings is 1. The zero-order valence-corrected chi connectivity index (χ0v) is 17.6. The van der Waals surface area contributed by atoms with Gasteiger partial charge in [0.15, 0.2) is 0 Å². The summed E-state index contributed by atoms with van der Waals surface area (Å²) in [4.78, 5) is 17.7. The molecule has 6 heteroatoms. The number of urea groups is 1. The number of nitrogens with one attached hydrogen (secondary N) is 1. The van der Waals surface area contributed by atoms with Crippen LogP contribution in [0.3, 0.4) is 0 Å². The summed E-state index contributed by atoms with van der Waals surface area (Å²) in [5, 5.41) is 3.11. The van der Waals surface area contributed by atoms with Crippen LogP contribution in [0, 0.1) is 5.92 Å². The monoisotopic (exact) mass is 435 g/mol. The number of hydrogen-bond acceptors (Lipinski definition) is 3. The molecule has 0 bridgehead atoms. The van der Waals surface area contributed by atoms with Gasteiger partial charge in [-0.1, -0.05) is 30.3 Å². The zero-order valence-electron chi connectivity index (χ0n) is 15.2. The number of carbonyl (C=O) groups is 1. The van der Waals surface area contributed by atoms with Crippen molar-refractivity contribution in [1.82, 2.24) is 15.1 Å². The van der Waals surface area contributed by atoms with Crippen LogP contribution in [0.5, 0.6) is 0 Å². The van der Waals surface area contributed by atoms with Crippen molar-refractivity contribution in [3.63, 3.8) is 0 Å². The van der Waals surface area contributed by atoms with E-state index >= 15 is 0 Å². The number of nitrogens with zero attached hydrogens (tertiary/aromatic N) is 2. The lowest BCUT2D eigenvalue weighted by Gasteiger charge is -2.32. The number of amides is 2. The number of carbonyl (C=O) groups excluding carboxylic acids is 1. The molecule has 2 amide bonds. The average molecular weight is 436 g/mol. The van der Waals surface area contributed by atoms with E-state index in [0.717, 1.165) is 42.8 Å².